The van der Waals surface area contributed by atoms with Gasteiger partial charge in [0, 0.05) is 13.1 Å². The summed E-state index contributed by atoms with van der Waals surface area (Å²) < 4.78 is 5.29. The molecule has 2 N–H and O–H groups in total. The van der Waals surface area contributed by atoms with Crippen LogP contribution in [0, 0.1) is 0 Å². The summed E-state index contributed by atoms with van der Waals surface area (Å²) in [4.78, 5) is 9.41. The van der Waals surface area contributed by atoms with Crippen molar-refractivity contribution in [2.24, 2.45) is 10.7 Å². The second-order valence-corrected chi connectivity index (χ2v) is 6.93. The first-order valence-electron chi connectivity index (χ1n) is 9.10. The fourth-order valence-corrected chi connectivity index (χ4v) is 3.43. The lowest BCUT2D eigenvalue weighted by molar-refractivity contribution is 0.167. The minimum atomic E-state index is 0.294. The van der Waals surface area contributed by atoms with Crippen molar-refractivity contribution in [1.29, 1.82) is 0 Å². The summed E-state index contributed by atoms with van der Waals surface area (Å²) in [5, 5.41) is 0. The van der Waals surface area contributed by atoms with Gasteiger partial charge in [-0.05, 0) is 56.5 Å². The van der Waals surface area contributed by atoms with Crippen molar-refractivity contribution in [3.63, 3.8) is 0 Å². The smallest absolute Gasteiger partial charge is 0.191 e. The molecule has 1 aliphatic heterocycles. The standard InChI is InChI=1S/C19H30N4O/c1-22(16-8-9-16)19(20)21-14-18(23-12-4-3-5-13-23)15-6-10-17(24-2)11-7-15/h6-7,10-11,16,18H,3-5,8-9,12-14H2,1-2H3,(H2,20,21)/t18-/m1/s1. The van der Waals surface area contributed by atoms with Crippen molar-refractivity contribution < 1.29 is 4.74 Å². The molecule has 2 aliphatic rings. The van der Waals surface area contributed by atoms with Crippen LogP contribution in [0.3, 0.4) is 0 Å². The minimum absolute atomic E-state index is 0.294. The molecule has 1 heterocycles. The van der Waals surface area contributed by atoms with E-state index in [4.69, 9.17) is 15.5 Å². The fourth-order valence-electron chi connectivity index (χ4n) is 3.43. The summed E-state index contributed by atoms with van der Waals surface area (Å²) in [5.41, 5.74) is 7.49. The minimum Gasteiger partial charge on any atom is -0.497 e. The number of hydrogen-bond donors (Lipinski definition) is 1. The summed E-state index contributed by atoms with van der Waals surface area (Å²) >= 11 is 0. The second-order valence-electron chi connectivity index (χ2n) is 6.93. The first kappa shape index (κ1) is 17.1. The highest BCUT2D eigenvalue weighted by Gasteiger charge is 2.28. The quantitative estimate of drug-likeness (QED) is 0.643. The van der Waals surface area contributed by atoms with Gasteiger partial charge in [-0.2, -0.15) is 0 Å². The van der Waals surface area contributed by atoms with E-state index in [2.05, 4.69) is 29.0 Å². The Morgan fingerprint density at radius 2 is 1.92 bits per heavy atom. The van der Waals surface area contributed by atoms with Crippen LogP contribution in [0.15, 0.2) is 29.3 Å². The Morgan fingerprint density at radius 3 is 2.50 bits per heavy atom. The van der Waals surface area contributed by atoms with Crippen molar-refractivity contribution in [1.82, 2.24) is 9.80 Å². The highest BCUT2D eigenvalue weighted by Crippen LogP contribution is 2.28. The maximum Gasteiger partial charge on any atom is 0.191 e. The van der Waals surface area contributed by atoms with E-state index in [0.29, 0.717) is 18.0 Å². The normalized spacial score (nSPS) is 20.7. The number of guanidine groups is 1. The van der Waals surface area contributed by atoms with Crippen LogP contribution in [0.2, 0.25) is 0 Å². The molecule has 0 aromatic heterocycles. The molecule has 1 aliphatic carbocycles. The zero-order valence-corrected chi connectivity index (χ0v) is 14.9. The van der Waals surface area contributed by atoms with E-state index in [9.17, 15) is 0 Å². The Kier molecular flexibility index (Phi) is 5.61. The summed E-state index contributed by atoms with van der Waals surface area (Å²) in [6.07, 6.45) is 6.35. The van der Waals surface area contributed by atoms with E-state index < -0.39 is 0 Å². The molecule has 3 rings (SSSR count). The van der Waals surface area contributed by atoms with Crippen LogP contribution in [-0.2, 0) is 0 Å². The van der Waals surface area contributed by atoms with Crippen molar-refractivity contribution >= 4 is 5.96 Å². The Bertz CT molecular complexity index is 547. The number of likely N-dealkylation sites (tertiary alicyclic amines) is 1. The molecule has 132 valence electrons. The fraction of sp³-hybridized carbons (Fsp3) is 0.632. The molecule has 0 unspecified atom stereocenters. The predicted octanol–water partition coefficient (Wildman–Crippen LogP) is 2.63. The number of rotatable bonds is 6. The predicted molar refractivity (Wildman–Crippen MR) is 98.4 cm³/mol. The van der Waals surface area contributed by atoms with Crippen molar-refractivity contribution in [2.45, 2.75) is 44.2 Å². The second kappa shape index (κ2) is 7.88. The number of hydrogen-bond acceptors (Lipinski definition) is 3. The molecule has 1 atom stereocenters. The average Bonchev–Trinajstić information content (AvgIpc) is 3.47. The van der Waals surface area contributed by atoms with Crippen molar-refractivity contribution in [2.75, 3.05) is 33.8 Å². The maximum absolute atomic E-state index is 6.20. The molecule has 5 nitrogen and oxygen atoms in total. The van der Waals surface area contributed by atoms with Gasteiger partial charge in [-0.3, -0.25) is 9.89 Å². The van der Waals surface area contributed by atoms with Gasteiger partial charge in [0.05, 0.1) is 19.7 Å². The van der Waals surface area contributed by atoms with Gasteiger partial charge in [0.15, 0.2) is 5.96 Å². The van der Waals surface area contributed by atoms with E-state index in [1.165, 1.54) is 37.7 Å². The molecular weight excluding hydrogens is 300 g/mol. The largest absolute Gasteiger partial charge is 0.497 e. The van der Waals surface area contributed by atoms with E-state index >= 15 is 0 Å². The summed E-state index contributed by atoms with van der Waals surface area (Å²) in [6.45, 7) is 3.00. The zero-order valence-electron chi connectivity index (χ0n) is 14.9. The lowest BCUT2D eigenvalue weighted by Gasteiger charge is -2.34. The average molecular weight is 330 g/mol. The van der Waals surface area contributed by atoms with E-state index in [0.717, 1.165) is 25.4 Å². The van der Waals surface area contributed by atoms with Gasteiger partial charge < -0.3 is 15.4 Å². The first-order chi connectivity index (χ1) is 11.7. The molecule has 5 heteroatoms. The molecule has 1 saturated heterocycles. The van der Waals surface area contributed by atoms with Crippen LogP contribution in [0.4, 0.5) is 0 Å². The third-order valence-corrected chi connectivity index (χ3v) is 5.21. The van der Waals surface area contributed by atoms with E-state index in [1.807, 2.05) is 12.1 Å². The third kappa shape index (κ3) is 4.20. The monoisotopic (exact) mass is 330 g/mol. The Morgan fingerprint density at radius 1 is 1.25 bits per heavy atom. The topological polar surface area (TPSA) is 54.1 Å². The SMILES string of the molecule is COc1ccc([C@@H](CN=C(N)N(C)C2CC2)N2CCCCC2)cc1. The van der Waals surface area contributed by atoms with Crippen LogP contribution in [0.5, 0.6) is 5.75 Å². The lowest BCUT2D eigenvalue weighted by Crippen LogP contribution is -2.38. The Labute approximate surface area is 145 Å². The molecule has 0 spiro atoms. The molecule has 1 saturated carbocycles. The van der Waals surface area contributed by atoms with Gasteiger partial charge in [0.2, 0.25) is 0 Å². The van der Waals surface area contributed by atoms with Crippen LogP contribution in [0.1, 0.15) is 43.7 Å². The lowest BCUT2D eigenvalue weighted by atomic mass is 10.0. The number of benzene rings is 1. The number of aliphatic imine (C=N–C) groups is 1. The van der Waals surface area contributed by atoms with Gasteiger partial charge in [-0.1, -0.05) is 18.6 Å². The van der Waals surface area contributed by atoms with Gasteiger partial charge in [-0.25, -0.2) is 0 Å². The number of nitrogens with two attached hydrogens (primary N) is 1. The first-order valence-corrected chi connectivity index (χ1v) is 9.10. The highest BCUT2D eigenvalue weighted by molar-refractivity contribution is 5.78. The van der Waals surface area contributed by atoms with Gasteiger partial charge in [-0.15, -0.1) is 0 Å². The molecule has 1 aromatic carbocycles. The molecule has 24 heavy (non-hydrogen) atoms. The van der Waals surface area contributed by atoms with E-state index in [1.54, 1.807) is 7.11 Å². The maximum atomic E-state index is 6.20. The number of ether oxygens (including phenoxy) is 1. The third-order valence-electron chi connectivity index (χ3n) is 5.21. The van der Waals surface area contributed by atoms with Crippen molar-refractivity contribution in [3.05, 3.63) is 29.8 Å². The Balaban J connectivity index is 1.74. The molecule has 0 bridgehead atoms. The summed E-state index contributed by atoms with van der Waals surface area (Å²) in [5.74, 6) is 1.57. The molecule has 0 radical (unpaired) electrons. The van der Waals surface area contributed by atoms with Gasteiger partial charge >= 0.3 is 0 Å². The van der Waals surface area contributed by atoms with Crippen LogP contribution < -0.4 is 10.5 Å². The van der Waals surface area contributed by atoms with Crippen LogP contribution in [-0.4, -0.2) is 55.6 Å². The van der Waals surface area contributed by atoms with Crippen LogP contribution in [0.25, 0.3) is 0 Å². The van der Waals surface area contributed by atoms with Gasteiger partial charge in [0.25, 0.3) is 0 Å². The molecule has 1 aromatic rings. The number of piperidine rings is 1. The van der Waals surface area contributed by atoms with E-state index in [-0.39, 0.29) is 0 Å². The zero-order chi connectivity index (χ0) is 16.9. The Hall–Kier alpha value is -1.75. The highest BCUT2D eigenvalue weighted by atomic mass is 16.5. The van der Waals surface area contributed by atoms with Crippen LogP contribution >= 0.6 is 0 Å². The molecule has 2 fully saturated rings. The molecule has 0 amide bonds. The summed E-state index contributed by atoms with van der Waals surface area (Å²) in [6, 6.07) is 9.29. The van der Waals surface area contributed by atoms with Crippen molar-refractivity contribution in [3.8, 4) is 5.75 Å². The summed E-state index contributed by atoms with van der Waals surface area (Å²) in [7, 11) is 3.76. The molecular formula is C19H30N4O. The van der Waals surface area contributed by atoms with Gasteiger partial charge in [0.1, 0.15) is 5.75 Å². The number of methoxy groups -OCH3 is 1. The number of nitrogens with zero attached hydrogens (tertiary/aromatic N) is 3.